The average Bonchev–Trinajstić information content (AvgIpc) is 3.12. The third-order valence-electron chi connectivity index (χ3n) is 4.69. The van der Waals surface area contributed by atoms with E-state index in [0.29, 0.717) is 24.2 Å². The molecule has 0 spiro atoms. The molecule has 0 atom stereocenters. The van der Waals surface area contributed by atoms with E-state index in [2.05, 4.69) is 10.2 Å². The van der Waals surface area contributed by atoms with Crippen LogP contribution in [0.15, 0.2) is 24.3 Å². The maximum absolute atomic E-state index is 13.0. The molecule has 1 amide bonds. The monoisotopic (exact) mass is 339 g/mol. The maximum Gasteiger partial charge on any atom is 0.356 e. The zero-order valence-electron chi connectivity index (χ0n) is 13.9. The van der Waals surface area contributed by atoms with Crippen molar-refractivity contribution in [3.63, 3.8) is 0 Å². The van der Waals surface area contributed by atoms with Gasteiger partial charge in [0, 0.05) is 43.7 Å². The number of aromatic carboxylic acids is 1. The van der Waals surface area contributed by atoms with E-state index in [9.17, 15) is 14.7 Å². The van der Waals surface area contributed by atoms with Crippen LogP contribution >= 0.6 is 0 Å². The lowest BCUT2D eigenvalue weighted by molar-refractivity contribution is 0.0673. The van der Waals surface area contributed by atoms with Crippen molar-refractivity contribution >= 4 is 22.8 Å². The quantitative estimate of drug-likeness (QED) is 0.757. The molecule has 0 unspecified atom stereocenters. The molecule has 0 aliphatic carbocycles. The van der Waals surface area contributed by atoms with Crippen LogP contribution in [0, 0.1) is 0 Å². The fourth-order valence-corrected chi connectivity index (χ4v) is 3.46. The van der Waals surface area contributed by atoms with Gasteiger partial charge in [-0.3, -0.25) is 14.2 Å². The molecule has 128 valence electrons. The number of aryl methyl sites for hydroxylation is 2. The fraction of sp³-hybridized carbons (Fsp3) is 0.294. The second kappa shape index (κ2) is 5.44. The molecule has 1 aliphatic heterocycles. The predicted octanol–water partition coefficient (Wildman–Crippen LogP) is 1.20. The molecule has 8 heteroatoms. The topological polar surface area (TPSA) is 93.2 Å². The van der Waals surface area contributed by atoms with Crippen molar-refractivity contribution in [2.75, 3.05) is 6.54 Å². The molecule has 0 saturated heterocycles. The average molecular weight is 339 g/mol. The van der Waals surface area contributed by atoms with Crippen LogP contribution in [-0.2, 0) is 27.1 Å². The number of carboxylic acid groups (broad SMARTS) is 1. The molecule has 2 aromatic heterocycles. The molecule has 25 heavy (non-hydrogen) atoms. The van der Waals surface area contributed by atoms with Gasteiger partial charge in [-0.1, -0.05) is 18.2 Å². The lowest BCUT2D eigenvalue weighted by Crippen LogP contribution is -2.37. The fourth-order valence-electron chi connectivity index (χ4n) is 3.46. The summed E-state index contributed by atoms with van der Waals surface area (Å²) in [5, 5.41) is 18.6. The molecule has 4 rings (SSSR count). The summed E-state index contributed by atoms with van der Waals surface area (Å²) in [4.78, 5) is 26.1. The molecule has 0 fully saturated rings. The van der Waals surface area contributed by atoms with Crippen LogP contribution in [0.5, 0.6) is 0 Å². The SMILES string of the molecule is Cn1nc(C(=O)O)c2c1CCN(C(=O)c1nn(C)c3ccccc13)C2. The standard InChI is InChI=1S/C17H17N5O3/c1-20-12-6-4-3-5-10(12)14(18-20)16(23)22-8-7-13-11(9-22)15(17(24)25)19-21(13)2/h3-6H,7-9H2,1-2H3,(H,24,25). The van der Waals surface area contributed by atoms with E-state index in [0.717, 1.165) is 16.6 Å². The maximum atomic E-state index is 13.0. The van der Waals surface area contributed by atoms with Gasteiger partial charge in [0.15, 0.2) is 11.4 Å². The number of nitrogens with zero attached hydrogens (tertiary/aromatic N) is 5. The van der Waals surface area contributed by atoms with E-state index in [-0.39, 0.29) is 18.1 Å². The zero-order valence-corrected chi connectivity index (χ0v) is 13.9. The number of hydrogen-bond donors (Lipinski definition) is 1. The van der Waals surface area contributed by atoms with Gasteiger partial charge in [-0.05, 0) is 6.07 Å². The van der Waals surface area contributed by atoms with Crippen LogP contribution in [0.4, 0.5) is 0 Å². The Balaban J connectivity index is 1.72. The van der Waals surface area contributed by atoms with E-state index >= 15 is 0 Å². The molecule has 0 bridgehead atoms. The summed E-state index contributed by atoms with van der Waals surface area (Å²) in [7, 11) is 3.53. The van der Waals surface area contributed by atoms with E-state index in [1.165, 1.54) is 0 Å². The molecule has 3 heterocycles. The largest absolute Gasteiger partial charge is 0.476 e. The number of rotatable bonds is 2. The van der Waals surface area contributed by atoms with Crippen molar-refractivity contribution in [3.8, 4) is 0 Å². The van der Waals surface area contributed by atoms with Crippen molar-refractivity contribution in [3.05, 3.63) is 46.9 Å². The molecule has 1 aromatic carbocycles. The lowest BCUT2D eigenvalue weighted by Gasteiger charge is -2.26. The molecule has 0 saturated carbocycles. The van der Waals surface area contributed by atoms with Crippen molar-refractivity contribution in [1.82, 2.24) is 24.5 Å². The molecular formula is C17H17N5O3. The van der Waals surface area contributed by atoms with Gasteiger partial charge in [-0.2, -0.15) is 10.2 Å². The van der Waals surface area contributed by atoms with E-state index in [1.54, 1.807) is 28.4 Å². The summed E-state index contributed by atoms with van der Waals surface area (Å²) in [5.41, 5.74) is 2.77. The van der Waals surface area contributed by atoms with E-state index in [4.69, 9.17) is 0 Å². The lowest BCUT2D eigenvalue weighted by atomic mass is 10.0. The summed E-state index contributed by atoms with van der Waals surface area (Å²) in [5.74, 6) is -1.27. The Morgan fingerprint density at radius 2 is 1.80 bits per heavy atom. The Hall–Kier alpha value is -3.16. The zero-order chi connectivity index (χ0) is 17.7. The highest BCUT2D eigenvalue weighted by atomic mass is 16.4. The van der Waals surface area contributed by atoms with Gasteiger partial charge in [-0.25, -0.2) is 4.79 Å². The number of aromatic nitrogens is 4. The van der Waals surface area contributed by atoms with Crippen LogP contribution in [0.2, 0.25) is 0 Å². The van der Waals surface area contributed by atoms with Crippen LogP contribution < -0.4 is 0 Å². The first-order valence-electron chi connectivity index (χ1n) is 7.96. The van der Waals surface area contributed by atoms with Crippen molar-refractivity contribution in [2.45, 2.75) is 13.0 Å². The van der Waals surface area contributed by atoms with Gasteiger partial charge in [0.25, 0.3) is 5.91 Å². The van der Waals surface area contributed by atoms with Gasteiger partial charge in [-0.15, -0.1) is 0 Å². The molecule has 1 N–H and O–H groups in total. The summed E-state index contributed by atoms with van der Waals surface area (Å²) >= 11 is 0. The first-order chi connectivity index (χ1) is 12.0. The van der Waals surface area contributed by atoms with E-state index < -0.39 is 5.97 Å². The Bertz CT molecular complexity index is 1020. The number of fused-ring (bicyclic) bond motifs is 2. The van der Waals surface area contributed by atoms with Gasteiger partial charge in [0.05, 0.1) is 12.1 Å². The Kier molecular flexibility index (Phi) is 3.34. The molecule has 0 radical (unpaired) electrons. The Morgan fingerprint density at radius 1 is 1.08 bits per heavy atom. The first kappa shape index (κ1) is 15.4. The normalized spacial score (nSPS) is 13.9. The molecule has 1 aliphatic rings. The second-order valence-electron chi connectivity index (χ2n) is 6.17. The second-order valence-corrected chi connectivity index (χ2v) is 6.17. The highest BCUT2D eigenvalue weighted by Crippen LogP contribution is 2.25. The minimum absolute atomic E-state index is 0.0147. The number of carbonyl (C=O) groups excluding carboxylic acids is 1. The first-order valence-corrected chi connectivity index (χ1v) is 7.96. The number of hydrogen-bond acceptors (Lipinski definition) is 4. The van der Waals surface area contributed by atoms with Crippen molar-refractivity contribution in [2.24, 2.45) is 14.1 Å². The van der Waals surface area contributed by atoms with Crippen LogP contribution in [0.3, 0.4) is 0 Å². The molecule has 8 nitrogen and oxygen atoms in total. The highest BCUT2D eigenvalue weighted by Gasteiger charge is 2.31. The summed E-state index contributed by atoms with van der Waals surface area (Å²) in [6, 6.07) is 7.56. The van der Waals surface area contributed by atoms with Crippen LogP contribution in [-0.4, -0.2) is 48.0 Å². The Morgan fingerprint density at radius 3 is 2.56 bits per heavy atom. The predicted molar refractivity (Wildman–Crippen MR) is 89.3 cm³/mol. The van der Waals surface area contributed by atoms with Gasteiger partial charge >= 0.3 is 5.97 Å². The minimum atomic E-state index is -1.07. The van der Waals surface area contributed by atoms with Crippen molar-refractivity contribution in [1.29, 1.82) is 0 Å². The summed E-state index contributed by atoms with van der Waals surface area (Å²) in [6.45, 7) is 0.740. The number of carbonyl (C=O) groups is 2. The number of para-hydroxylation sites is 1. The van der Waals surface area contributed by atoms with Gasteiger partial charge in [0.2, 0.25) is 0 Å². The van der Waals surface area contributed by atoms with Gasteiger partial charge in [0.1, 0.15) is 0 Å². The van der Waals surface area contributed by atoms with Gasteiger partial charge < -0.3 is 10.0 Å². The van der Waals surface area contributed by atoms with Crippen molar-refractivity contribution < 1.29 is 14.7 Å². The molecule has 3 aromatic rings. The summed E-state index contributed by atoms with van der Waals surface area (Å²) < 4.78 is 3.28. The highest BCUT2D eigenvalue weighted by molar-refractivity contribution is 6.05. The third-order valence-corrected chi connectivity index (χ3v) is 4.69. The number of amides is 1. The van der Waals surface area contributed by atoms with Crippen LogP contribution in [0.1, 0.15) is 32.2 Å². The summed E-state index contributed by atoms with van der Waals surface area (Å²) in [6.07, 6.45) is 0.572. The smallest absolute Gasteiger partial charge is 0.356 e. The third kappa shape index (κ3) is 2.29. The minimum Gasteiger partial charge on any atom is -0.476 e. The number of carboxylic acids is 1. The Labute approximate surface area is 143 Å². The van der Waals surface area contributed by atoms with Crippen LogP contribution in [0.25, 0.3) is 10.9 Å². The van der Waals surface area contributed by atoms with E-state index in [1.807, 2.05) is 24.3 Å². The number of benzene rings is 1. The molecular weight excluding hydrogens is 322 g/mol.